The third-order valence-corrected chi connectivity index (χ3v) is 3.66. The minimum Gasteiger partial charge on any atom is -0.497 e. The smallest absolute Gasteiger partial charge is 0.255 e. The normalized spacial score (nSPS) is 10.3. The zero-order chi connectivity index (χ0) is 18.5. The van der Waals surface area contributed by atoms with E-state index in [0.717, 1.165) is 11.4 Å². The Kier molecular flexibility index (Phi) is 5.07. The second kappa shape index (κ2) is 7.60. The Labute approximate surface area is 150 Å². The van der Waals surface area contributed by atoms with Crippen LogP contribution >= 0.6 is 0 Å². The molecule has 0 aliphatic carbocycles. The lowest BCUT2D eigenvalue weighted by atomic mass is 10.1. The highest BCUT2D eigenvalue weighted by molar-refractivity contribution is 6.04. The summed E-state index contributed by atoms with van der Waals surface area (Å²) >= 11 is 0. The summed E-state index contributed by atoms with van der Waals surface area (Å²) in [6.07, 6.45) is 0. The molecule has 0 aliphatic rings. The number of amides is 1. The van der Waals surface area contributed by atoms with E-state index in [1.165, 1.54) is 0 Å². The van der Waals surface area contributed by atoms with E-state index >= 15 is 0 Å². The molecule has 0 atom stereocenters. The van der Waals surface area contributed by atoms with Gasteiger partial charge in [0.1, 0.15) is 17.3 Å². The standard InChI is InChI=1S/C19H19N3O4/c1-12-8-18(22-26-12)20-14-4-6-15(7-5-14)21-19(23)13-9-16(24-2)11-17(10-13)25-3/h4-11H,1-3H3,(H,20,22)(H,21,23). The highest BCUT2D eigenvalue weighted by atomic mass is 16.5. The Morgan fingerprint density at radius 1 is 0.962 bits per heavy atom. The molecular weight excluding hydrogens is 334 g/mol. The second-order valence-corrected chi connectivity index (χ2v) is 5.58. The minimum atomic E-state index is -0.255. The molecule has 7 nitrogen and oxygen atoms in total. The molecule has 0 spiro atoms. The molecule has 3 rings (SSSR count). The predicted molar refractivity (Wildman–Crippen MR) is 98.5 cm³/mol. The zero-order valence-electron chi connectivity index (χ0n) is 14.7. The van der Waals surface area contributed by atoms with Gasteiger partial charge in [-0.3, -0.25) is 4.79 Å². The summed E-state index contributed by atoms with van der Waals surface area (Å²) in [5.74, 6) is 2.21. The van der Waals surface area contributed by atoms with Crippen molar-refractivity contribution in [2.75, 3.05) is 24.9 Å². The van der Waals surface area contributed by atoms with Gasteiger partial charge in [0.25, 0.3) is 5.91 Å². The molecule has 2 N–H and O–H groups in total. The van der Waals surface area contributed by atoms with E-state index in [4.69, 9.17) is 14.0 Å². The molecule has 1 amide bonds. The van der Waals surface area contributed by atoms with Crippen LogP contribution in [0, 0.1) is 6.92 Å². The number of ether oxygens (including phenoxy) is 2. The van der Waals surface area contributed by atoms with E-state index in [-0.39, 0.29) is 5.91 Å². The summed E-state index contributed by atoms with van der Waals surface area (Å²) in [4.78, 5) is 12.5. The molecule has 0 saturated carbocycles. The first-order chi connectivity index (χ1) is 12.6. The molecule has 0 unspecified atom stereocenters. The third-order valence-electron chi connectivity index (χ3n) is 3.66. The number of aromatic nitrogens is 1. The molecule has 0 bridgehead atoms. The van der Waals surface area contributed by atoms with E-state index in [2.05, 4.69) is 15.8 Å². The monoisotopic (exact) mass is 353 g/mol. The summed E-state index contributed by atoms with van der Waals surface area (Å²) in [5.41, 5.74) is 1.94. The quantitative estimate of drug-likeness (QED) is 0.697. The molecule has 3 aromatic rings. The van der Waals surface area contributed by atoms with Gasteiger partial charge in [-0.05, 0) is 43.3 Å². The third kappa shape index (κ3) is 4.13. The molecular formula is C19H19N3O4. The van der Waals surface area contributed by atoms with Crippen molar-refractivity contribution in [1.29, 1.82) is 0 Å². The summed E-state index contributed by atoms with van der Waals surface area (Å²) in [6, 6.07) is 14.1. The van der Waals surface area contributed by atoms with Crippen LogP contribution in [0.25, 0.3) is 0 Å². The minimum absolute atomic E-state index is 0.255. The van der Waals surface area contributed by atoms with Crippen LogP contribution in [-0.4, -0.2) is 25.3 Å². The lowest BCUT2D eigenvalue weighted by Gasteiger charge is -2.10. The number of aryl methyl sites for hydroxylation is 1. The maximum Gasteiger partial charge on any atom is 0.255 e. The SMILES string of the molecule is COc1cc(OC)cc(C(=O)Nc2ccc(Nc3cc(C)on3)cc2)c1. The van der Waals surface area contributed by atoms with Gasteiger partial charge < -0.3 is 24.6 Å². The number of hydrogen-bond acceptors (Lipinski definition) is 6. The first-order valence-electron chi connectivity index (χ1n) is 7.92. The number of methoxy groups -OCH3 is 2. The van der Waals surface area contributed by atoms with Gasteiger partial charge in [-0.1, -0.05) is 5.16 Å². The number of rotatable bonds is 6. The van der Waals surface area contributed by atoms with Crippen LogP contribution < -0.4 is 20.1 Å². The Hall–Kier alpha value is -3.48. The van der Waals surface area contributed by atoms with Crippen molar-refractivity contribution < 1.29 is 18.8 Å². The van der Waals surface area contributed by atoms with Gasteiger partial charge in [0.15, 0.2) is 5.82 Å². The fourth-order valence-electron chi connectivity index (χ4n) is 2.35. The van der Waals surface area contributed by atoms with Crippen LogP contribution in [0.1, 0.15) is 16.1 Å². The molecule has 7 heteroatoms. The fraction of sp³-hybridized carbons (Fsp3) is 0.158. The number of hydrogen-bond donors (Lipinski definition) is 2. The van der Waals surface area contributed by atoms with E-state index in [1.807, 2.05) is 19.1 Å². The van der Waals surface area contributed by atoms with E-state index < -0.39 is 0 Å². The van der Waals surface area contributed by atoms with Gasteiger partial charge in [-0.15, -0.1) is 0 Å². The first kappa shape index (κ1) is 17.3. The van der Waals surface area contributed by atoms with E-state index in [9.17, 15) is 4.79 Å². The van der Waals surface area contributed by atoms with Crippen molar-refractivity contribution in [2.24, 2.45) is 0 Å². The Bertz CT molecular complexity index is 881. The highest BCUT2D eigenvalue weighted by Gasteiger charge is 2.10. The zero-order valence-corrected chi connectivity index (χ0v) is 14.7. The maximum atomic E-state index is 12.5. The average Bonchev–Trinajstić information content (AvgIpc) is 3.07. The second-order valence-electron chi connectivity index (χ2n) is 5.58. The number of carbonyl (C=O) groups is 1. The van der Waals surface area contributed by atoms with Crippen molar-refractivity contribution in [1.82, 2.24) is 5.16 Å². The summed E-state index contributed by atoms with van der Waals surface area (Å²) in [6.45, 7) is 1.82. The van der Waals surface area contributed by atoms with Gasteiger partial charge >= 0.3 is 0 Å². The topological polar surface area (TPSA) is 85.6 Å². The predicted octanol–water partition coefficient (Wildman–Crippen LogP) is 4.00. The number of benzene rings is 2. The summed E-state index contributed by atoms with van der Waals surface area (Å²) in [5, 5.41) is 9.84. The van der Waals surface area contributed by atoms with Crippen molar-refractivity contribution >= 4 is 23.1 Å². The molecule has 0 aliphatic heterocycles. The fourth-order valence-corrected chi connectivity index (χ4v) is 2.35. The molecule has 0 radical (unpaired) electrons. The summed E-state index contributed by atoms with van der Waals surface area (Å²) < 4.78 is 15.4. The van der Waals surface area contributed by atoms with Gasteiger partial charge in [0.2, 0.25) is 0 Å². The molecule has 1 heterocycles. The Balaban J connectivity index is 1.69. The molecule has 1 aromatic heterocycles. The molecule has 134 valence electrons. The molecule has 0 fully saturated rings. The van der Waals surface area contributed by atoms with Crippen molar-refractivity contribution in [3.63, 3.8) is 0 Å². The molecule has 2 aromatic carbocycles. The summed E-state index contributed by atoms with van der Waals surface area (Å²) in [7, 11) is 3.08. The van der Waals surface area contributed by atoms with Crippen LogP contribution in [0.3, 0.4) is 0 Å². The van der Waals surface area contributed by atoms with Gasteiger partial charge in [0, 0.05) is 29.1 Å². The van der Waals surface area contributed by atoms with Gasteiger partial charge in [-0.25, -0.2) is 0 Å². The lowest BCUT2D eigenvalue weighted by Crippen LogP contribution is -2.12. The van der Waals surface area contributed by atoms with Crippen molar-refractivity contribution in [2.45, 2.75) is 6.92 Å². The van der Waals surface area contributed by atoms with Crippen molar-refractivity contribution in [3.05, 3.63) is 59.9 Å². The molecule has 26 heavy (non-hydrogen) atoms. The van der Waals surface area contributed by atoms with Crippen LogP contribution in [0.15, 0.2) is 53.1 Å². The number of carbonyl (C=O) groups excluding carboxylic acids is 1. The first-order valence-corrected chi connectivity index (χ1v) is 7.92. The van der Waals surface area contributed by atoms with Crippen LogP contribution in [0.5, 0.6) is 11.5 Å². The Morgan fingerprint density at radius 2 is 1.58 bits per heavy atom. The lowest BCUT2D eigenvalue weighted by molar-refractivity contribution is 0.102. The van der Waals surface area contributed by atoms with Crippen LogP contribution in [0.2, 0.25) is 0 Å². The Morgan fingerprint density at radius 3 is 2.12 bits per heavy atom. The van der Waals surface area contributed by atoms with E-state index in [1.54, 1.807) is 50.6 Å². The van der Waals surface area contributed by atoms with Crippen LogP contribution in [-0.2, 0) is 0 Å². The van der Waals surface area contributed by atoms with Gasteiger partial charge in [0.05, 0.1) is 14.2 Å². The number of anilines is 3. The number of nitrogens with one attached hydrogen (secondary N) is 2. The maximum absolute atomic E-state index is 12.5. The number of nitrogens with zero attached hydrogens (tertiary/aromatic N) is 1. The molecule has 0 saturated heterocycles. The van der Waals surface area contributed by atoms with E-state index in [0.29, 0.717) is 28.6 Å². The highest BCUT2D eigenvalue weighted by Crippen LogP contribution is 2.24. The largest absolute Gasteiger partial charge is 0.497 e. The average molecular weight is 353 g/mol. The van der Waals surface area contributed by atoms with Crippen LogP contribution in [0.4, 0.5) is 17.2 Å². The van der Waals surface area contributed by atoms with Crippen molar-refractivity contribution in [3.8, 4) is 11.5 Å². The van der Waals surface area contributed by atoms with Gasteiger partial charge in [-0.2, -0.15) is 0 Å².